The Morgan fingerprint density at radius 3 is 1.96 bits per heavy atom. The molecule has 0 spiro atoms. The zero-order valence-electron chi connectivity index (χ0n) is 30.3. The molecule has 0 unspecified atom stereocenters. The second-order valence-corrected chi connectivity index (χ2v) is 14.4. The number of rotatable bonds is 19. The third-order valence-corrected chi connectivity index (χ3v) is 8.52. The summed E-state index contributed by atoms with van der Waals surface area (Å²) in [4.78, 5) is 111. The maximum atomic E-state index is 13.0. The number of nitrogens with zero attached hydrogens (tertiary/aromatic N) is 1. The van der Waals surface area contributed by atoms with Gasteiger partial charge in [-0.15, -0.1) is 0 Å². The fourth-order valence-corrected chi connectivity index (χ4v) is 6.21. The highest BCUT2D eigenvalue weighted by Crippen LogP contribution is 2.60. The van der Waals surface area contributed by atoms with E-state index in [1.54, 1.807) is 51.1 Å². The fraction of sp³-hybridized carbons (Fsp3) is 0.514. The first-order valence-corrected chi connectivity index (χ1v) is 17.3. The highest BCUT2D eigenvalue weighted by Gasteiger charge is 2.69. The molecule has 3 fully saturated rings. The van der Waals surface area contributed by atoms with E-state index in [4.69, 9.17) is 9.47 Å². The summed E-state index contributed by atoms with van der Waals surface area (Å²) in [7, 11) is 0. The lowest BCUT2D eigenvalue weighted by Crippen LogP contribution is -2.84. The number of ether oxygens (including phenoxy) is 2. The lowest BCUT2D eigenvalue weighted by Gasteiger charge is -2.70. The van der Waals surface area contributed by atoms with Crippen molar-refractivity contribution in [1.82, 2.24) is 42.1 Å². The van der Waals surface area contributed by atoms with E-state index < -0.39 is 84.3 Å². The quantitative estimate of drug-likeness (QED) is 0.0452. The van der Waals surface area contributed by atoms with Crippen LogP contribution in [0, 0.1) is 0 Å². The Morgan fingerprint density at radius 2 is 1.31 bits per heavy atom. The zero-order chi connectivity index (χ0) is 39.5. The minimum atomic E-state index is -1.12. The number of hydrogen-bond acceptors (Lipinski definition) is 11. The number of carbonyl (C=O) groups is 9. The zero-order valence-corrected chi connectivity index (χ0v) is 30.3. The number of carbonyl (C=O) groups excluding carboxylic acids is 9. The van der Waals surface area contributed by atoms with Gasteiger partial charge >= 0.3 is 6.09 Å². The van der Waals surface area contributed by atoms with Gasteiger partial charge < -0.3 is 46.7 Å². The first-order chi connectivity index (χ1) is 25.5. The maximum Gasteiger partial charge on any atom is 0.408 e. The Morgan fingerprint density at radius 1 is 0.741 bits per heavy atom. The normalized spacial score (nSPS) is 20.0. The summed E-state index contributed by atoms with van der Waals surface area (Å²) >= 11 is 0. The number of amides is 9. The van der Waals surface area contributed by atoms with Gasteiger partial charge in [0.15, 0.2) is 0 Å². The number of alkyl carbamates (subject to hydrolysis) is 1. The fourth-order valence-electron chi connectivity index (χ4n) is 6.21. The van der Waals surface area contributed by atoms with Crippen molar-refractivity contribution in [2.24, 2.45) is 0 Å². The number of hydrogen-bond donors (Lipinski definition) is 7. The first-order valence-electron chi connectivity index (χ1n) is 17.3. The molecule has 1 atom stereocenters. The summed E-state index contributed by atoms with van der Waals surface area (Å²) in [5.41, 5.74) is -0.686. The van der Waals surface area contributed by atoms with E-state index in [1.165, 1.54) is 0 Å². The standard InChI is InChI=1S/C35H46N8O11/c1-33(2,3)54-32(52)42-35-18-34(19-35,20-35)41-28(48)17-53-21-39-26(46)15-38-31(51)23(13-22-7-5-4-6-8-22)40-27(47)16-37-25(45)14-36-24(44)11-12-43-29(49)9-10-30(43)50/h4-10,23H,11-21H2,1-3H3,(H,36,44)(H,37,45)(H,38,51)(H,39,46)(H,40,47)(H,41,48)(H,42,52)/t23-,34?,35?/m0/s1. The van der Waals surface area contributed by atoms with Gasteiger partial charge in [-0.1, -0.05) is 30.3 Å². The highest BCUT2D eigenvalue weighted by molar-refractivity contribution is 6.13. The van der Waals surface area contributed by atoms with Crippen molar-refractivity contribution >= 4 is 53.4 Å². The number of imide groups is 1. The molecule has 2 bridgehead atoms. The molecule has 19 heteroatoms. The molecule has 19 nitrogen and oxygen atoms in total. The van der Waals surface area contributed by atoms with Crippen LogP contribution in [0.5, 0.6) is 0 Å². The molecule has 292 valence electrons. The van der Waals surface area contributed by atoms with Gasteiger partial charge in [-0.3, -0.25) is 43.3 Å². The van der Waals surface area contributed by atoms with Crippen LogP contribution < -0.4 is 37.2 Å². The van der Waals surface area contributed by atoms with Crippen LogP contribution in [-0.4, -0.2) is 120 Å². The molecule has 0 saturated heterocycles. The van der Waals surface area contributed by atoms with Crippen LogP contribution in [0.1, 0.15) is 52.0 Å². The molecule has 0 aromatic heterocycles. The van der Waals surface area contributed by atoms with Crippen LogP contribution in [0.3, 0.4) is 0 Å². The molecule has 4 aliphatic rings. The molecule has 1 aromatic carbocycles. The second kappa shape index (κ2) is 17.8. The third kappa shape index (κ3) is 12.4. The van der Waals surface area contributed by atoms with E-state index in [0.717, 1.165) is 17.1 Å². The van der Waals surface area contributed by atoms with Gasteiger partial charge in [-0.05, 0) is 45.6 Å². The topological polar surface area (TPSA) is 260 Å². The monoisotopic (exact) mass is 754 g/mol. The van der Waals surface area contributed by atoms with Crippen molar-refractivity contribution in [3.63, 3.8) is 0 Å². The molecule has 1 aromatic rings. The van der Waals surface area contributed by atoms with E-state index in [1.807, 2.05) is 0 Å². The number of benzene rings is 1. The highest BCUT2D eigenvalue weighted by atomic mass is 16.6. The van der Waals surface area contributed by atoms with E-state index in [9.17, 15) is 43.2 Å². The molecule has 3 aliphatic carbocycles. The Balaban J connectivity index is 1.10. The summed E-state index contributed by atoms with van der Waals surface area (Å²) < 4.78 is 10.5. The average Bonchev–Trinajstić information content (AvgIpc) is 3.39. The van der Waals surface area contributed by atoms with Gasteiger partial charge in [0.05, 0.1) is 25.2 Å². The van der Waals surface area contributed by atoms with Crippen molar-refractivity contribution in [2.75, 3.05) is 39.5 Å². The van der Waals surface area contributed by atoms with Crippen LogP contribution >= 0.6 is 0 Å². The van der Waals surface area contributed by atoms with Crippen LogP contribution in [0.4, 0.5) is 4.79 Å². The van der Waals surface area contributed by atoms with E-state index in [0.29, 0.717) is 24.8 Å². The van der Waals surface area contributed by atoms with Crippen molar-refractivity contribution < 1.29 is 52.6 Å². The molecule has 9 amide bonds. The van der Waals surface area contributed by atoms with E-state index >= 15 is 0 Å². The van der Waals surface area contributed by atoms with E-state index in [-0.39, 0.29) is 44.2 Å². The molecule has 0 radical (unpaired) electrons. The molecule has 1 heterocycles. The lowest BCUT2D eigenvalue weighted by atomic mass is 9.44. The molecular weight excluding hydrogens is 708 g/mol. The summed E-state index contributed by atoms with van der Waals surface area (Å²) in [5.74, 6) is -4.75. The molecule has 3 saturated carbocycles. The molecule has 54 heavy (non-hydrogen) atoms. The molecular formula is C35H46N8O11. The van der Waals surface area contributed by atoms with Crippen molar-refractivity contribution in [1.29, 1.82) is 0 Å². The van der Waals surface area contributed by atoms with Gasteiger partial charge in [-0.25, -0.2) is 4.79 Å². The van der Waals surface area contributed by atoms with Crippen LogP contribution in [0.2, 0.25) is 0 Å². The van der Waals surface area contributed by atoms with Crippen LogP contribution in [-0.2, 0) is 54.3 Å². The minimum Gasteiger partial charge on any atom is -0.444 e. The van der Waals surface area contributed by atoms with Gasteiger partial charge in [0.25, 0.3) is 11.8 Å². The SMILES string of the molecule is CC(C)(C)OC(=O)NC12CC(NC(=O)COCNC(=O)CNC(=O)[C@H](Cc3ccccc3)NC(=O)CNC(=O)CNC(=O)CCN3C(=O)C=CC3=O)(C1)C2. The summed E-state index contributed by atoms with van der Waals surface area (Å²) in [6, 6.07) is 7.65. The van der Waals surface area contributed by atoms with E-state index in [2.05, 4.69) is 37.2 Å². The summed E-state index contributed by atoms with van der Waals surface area (Å²) in [5, 5.41) is 17.8. The third-order valence-electron chi connectivity index (χ3n) is 8.52. The Labute approximate surface area is 311 Å². The predicted octanol–water partition coefficient (Wildman–Crippen LogP) is -2.22. The first kappa shape index (κ1) is 40.9. The van der Waals surface area contributed by atoms with Gasteiger partial charge in [0, 0.05) is 37.1 Å². The van der Waals surface area contributed by atoms with Crippen molar-refractivity contribution in [3.8, 4) is 0 Å². The molecule has 5 rings (SSSR count). The lowest BCUT2D eigenvalue weighted by molar-refractivity contribution is -0.145. The Hall–Kier alpha value is -5.85. The van der Waals surface area contributed by atoms with Gasteiger partial charge in [-0.2, -0.15) is 0 Å². The Kier molecular flexibility index (Phi) is 13.5. The summed E-state index contributed by atoms with van der Waals surface area (Å²) in [6.45, 7) is 3.09. The summed E-state index contributed by atoms with van der Waals surface area (Å²) in [6.07, 6.45) is 3.28. The van der Waals surface area contributed by atoms with Crippen LogP contribution in [0.25, 0.3) is 0 Å². The maximum absolute atomic E-state index is 13.0. The van der Waals surface area contributed by atoms with Crippen LogP contribution in [0.15, 0.2) is 42.5 Å². The smallest absolute Gasteiger partial charge is 0.408 e. The molecule has 1 aliphatic heterocycles. The number of nitrogens with one attached hydrogen (secondary N) is 7. The minimum absolute atomic E-state index is 0.0689. The Bertz CT molecular complexity index is 1640. The predicted molar refractivity (Wildman–Crippen MR) is 187 cm³/mol. The van der Waals surface area contributed by atoms with Gasteiger partial charge in [0.1, 0.15) is 25.0 Å². The molecule has 7 N–H and O–H groups in total. The largest absolute Gasteiger partial charge is 0.444 e. The second-order valence-electron chi connectivity index (χ2n) is 14.4. The average molecular weight is 755 g/mol. The van der Waals surface area contributed by atoms with Crippen molar-refractivity contribution in [3.05, 3.63) is 48.0 Å². The van der Waals surface area contributed by atoms with Crippen molar-refractivity contribution in [2.45, 2.75) is 75.6 Å². The van der Waals surface area contributed by atoms with Gasteiger partial charge in [0.2, 0.25) is 35.4 Å².